The molecule has 1 heterocycles. The summed E-state index contributed by atoms with van der Waals surface area (Å²) in [5, 5.41) is 12.5. The average Bonchev–Trinajstić information content (AvgIpc) is 2.70. The van der Waals surface area contributed by atoms with Crippen LogP contribution >= 0.6 is 0 Å². The van der Waals surface area contributed by atoms with Gasteiger partial charge >= 0.3 is 17.9 Å². The maximum atomic E-state index is 11.9. The molecule has 1 aromatic rings. The maximum absolute atomic E-state index is 11.9. The minimum Gasteiger partial charge on any atom is -0.507 e. The Morgan fingerprint density at radius 3 is 2.18 bits per heavy atom. The van der Waals surface area contributed by atoms with Crippen molar-refractivity contribution in [3.63, 3.8) is 0 Å². The van der Waals surface area contributed by atoms with E-state index >= 15 is 0 Å². The number of nitrogens with one attached hydrogen (secondary N) is 1. The van der Waals surface area contributed by atoms with Crippen molar-refractivity contribution in [1.82, 2.24) is 5.32 Å². The molecule has 1 aliphatic rings. The van der Waals surface area contributed by atoms with Crippen molar-refractivity contribution in [1.29, 1.82) is 0 Å². The molecule has 1 saturated heterocycles. The number of hydrogen-bond donors (Lipinski definition) is 2. The number of ether oxygens (including phenoxy) is 5. The molecule has 0 unspecified atom stereocenters. The van der Waals surface area contributed by atoms with Gasteiger partial charge in [0.15, 0.2) is 18.5 Å². The first-order chi connectivity index (χ1) is 15.5. The summed E-state index contributed by atoms with van der Waals surface area (Å²) < 4.78 is 27.2. The van der Waals surface area contributed by atoms with Crippen molar-refractivity contribution in [3.05, 3.63) is 23.8 Å². The smallest absolute Gasteiger partial charge is 0.303 e. The van der Waals surface area contributed by atoms with Crippen molar-refractivity contribution in [2.45, 2.75) is 58.3 Å². The zero-order chi connectivity index (χ0) is 24.7. The topological polar surface area (TPSA) is 164 Å². The standard InChI is InChI=1S/C21H25NO11/c1-10(24)22-18-20(31-13(4)27)19(30-12(3)26)17(9-29-11(2)25)33-21(18)32-15-6-5-14(8-23)16(28)7-15/h5-8,17-21,28H,9H2,1-4H3,(H,22,24)/t17-,18+,19-,20+,21-/m1/s1. The van der Waals surface area contributed by atoms with E-state index in [0.717, 1.165) is 19.9 Å². The number of benzene rings is 1. The number of phenolic OH excluding ortho intramolecular Hbond substituents is 1. The number of rotatable bonds is 8. The summed E-state index contributed by atoms with van der Waals surface area (Å²) in [6.07, 6.45) is -4.57. The van der Waals surface area contributed by atoms with E-state index in [-0.39, 0.29) is 23.7 Å². The summed E-state index contributed by atoms with van der Waals surface area (Å²) in [6.45, 7) is 4.24. The summed E-state index contributed by atoms with van der Waals surface area (Å²) >= 11 is 0. The van der Waals surface area contributed by atoms with Crippen LogP contribution in [0.4, 0.5) is 0 Å². The molecule has 0 aromatic heterocycles. The summed E-state index contributed by atoms with van der Waals surface area (Å²) in [4.78, 5) is 57.7. The van der Waals surface area contributed by atoms with Crippen LogP contribution in [0.15, 0.2) is 18.2 Å². The Labute approximate surface area is 189 Å². The highest BCUT2D eigenvalue weighted by Gasteiger charge is 2.52. The first-order valence-corrected chi connectivity index (χ1v) is 9.87. The van der Waals surface area contributed by atoms with Crippen LogP contribution in [-0.2, 0) is 38.1 Å². The lowest BCUT2D eigenvalue weighted by atomic mass is 9.96. The van der Waals surface area contributed by atoms with E-state index in [2.05, 4.69) is 5.32 Å². The van der Waals surface area contributed by atoms with Crippen LogP contribution in [-0.4, -0.2) is 72.5 Å². The molecule has 12 nitrogen and oxygen atoms in total. The van der Waals surface area contributed by atoms with Crippen molar-refractivity contribution in [2.24, 2.45) is 0 Å². The largest absolute Gasteiger partial charge is 0.507 e. The molecule has 0 bridgehead atoms. The predicted octanol–water partition coefficient (Wildman–Crippen LogP) is 0.240. The lowest BCUT2D eigenvalue weighted by Gasteiger charge is -2.44. The number of phenols is 1. The quantitative estimate of drug-likeness (QED) is 0.306. The number of esters is 3. The van der Waals surface area contributed by atoms with E-state index < -0.39 is 54.5 Å². The molecule has 0 radical (unpaired) electrons. The molecule has 5 atom stereocenters. The van der Waals surface area contributed by atoms with Crippen LogP contribution in [0.25, 0.3) is 0 Å². The van der Waals surface area contributed by atoms with Crippen LogP contribution < -0.4 is 10.1 Å². The van der Waals surface area contributed by atoms with Crippen LogP contribution in [0, 0.1) is 0 Å². The third-order valence-electron chi connectivity index (χ3n) is 4.45. The molecule has 0 spiro atoms. The van der Waals surface area contributed by atoms with Gasteiger partial charge in [-0.2, -0.15) is 0 Å². The summed E-state index contributed by atoms with van der Waals surface area (Å²) in [6, 6.07) is 2.66. The van der Waals surface area contributed by atoms with E-state index in [4.69, 9.17) is 23.7 Å². The number of amides is 1. The van der Waals surface area contributed by atoms with Crippen LogP contribution in [0.1, 0.15) is 38.1 Å². The fraction of sp³-hybridized carbons (Fsp3) is 0.476. The molecule has 180 valence electrons. The predicted molar refractivity (Wildman–Crippen MR) is 108 cm³/mol. The Morgan fingerprint density at radius 1 is 1.03 bits per heavy atom. The van der Waals surface area contributed by atoms with Gasteiger partial charge in [-0.15, -0.1) is 0 Å². The van der Waals surface area contributed by atoms with Gasteiger partial charge in [-0.3, -0.25) is 24.0 Å². The van der Waals surface area contributed by atoms with Gasteiger partial charge in [0.2, 0.25) is 12.2 Å². The zero-order valence-electron chi connectivity index (χ0n) is 18.4. The highest BCUT2D eigenvalue weighted by molar-refractivity contribution is 5.79. The second kappa shape index (κ2) is 11.3. The number of hydrogen-bond acceptors (Lipinski definition) is 11. The molecular formula is C21H25NO11. The van der Waals surface area contributed by atoms with Gasteiger partial charge in [-0.05, 0) is 12.1 Å². The van der Waals surface area contributed by atoms with Gasteiger partial charge in [0, 0.05) is 33.8 Å². The number of carbonyl (C=O) groups is 5. The van der Waals surface area contributed by atoms with E-state index in [1.165, 1.54) is 26.0 Å². The van der Waals surface area contributed by atoms with Crippen molar-refractivity contribution >= 4 is 30.1 Å². The van der Waals surface area contributed by atoms with Crippen LogP contribution in [0.3, 0.4) is 0 Å². The normalized spacial score (nSPS) is 24.2. The first-order valence-electron chi connectivity index (χ1n) is 9.87. The Morgan fingerprint density at radius 2 is 1.67 bits per heavy atom. The zero-order valence-corrected chi connectivity index (χ0v) is 18.4. The minimum atomic E-state index is -1.34. The van der Waals surface area contributed by atoms with Gasteiger partial charge in [0.05, 0.1) is 5.56 Å². The van der Waals surface area contributed by atoms with E-state index in [1.807, 2.05) is 0 Å². The molecule has 2 N–H and O–H groups in total. The summed E-state index contributed by atoms with van der Waals surface area (Å²) in [5.41, 5.74) is 0.0192. The van der Waals surface area contributed by atoms with Crippen molar-refractivity contribution in [3.8, 4) is 11.5 Å². The van der Waals surface area contributed by atoms with Crippen LogP contribution in [0.5, 0.6) is 11.5 Å². The molecule has 0 aliphatic carbocycles. The van der Waals surface area contributed by atoms with E-state index in [1.54, 1.807) is 0 Å². The van der Waals surface area contributed by atoms with Crippen molar-refractivity contribution < 1.29 is 52.8 Å². The maximum Gasteiger partial charge on any atom is 0.303 e. The Hall–Kier alpha value is -3.67. The van der Waals surface area contributed by atoms with Crippen LogP contribution in [0.2, 0.25) is 0 Å². The molecule has 2 rings (SSSR count). The SMILES string of the molecule is CC(=O)N[C@@H]1[C@H](Oc2ccc(C=O)c(O)c2)O[C@H](COC(C)=O)[C@@H](OC(C)=O)[C@H]1OC(C)=O. The lowest BCUT2D eigenvalue weighted by molar-refractivity contribution is -0.257. The molecular weight excluding hydrogens is 442 g/mol. The highest BCUT2D eigenvalue weighted by Crippen LogP contribution is 2.30. The van der Waals surface area contributed by atoms with Gasteiger partial charge in [-0.25, -0.2) is 0 Å². The fourth-order valence-corrected chi connectivity index (χ4v) is 3.22. The third kappa shape index (κ3) is 7.17. The number of aromatic hydroxyl groups is 1. The monoisotopic (exact) mass is 467 g/mol. The van der Waals surface area contributed by atoms with Crippen molar-refractivity contribution in [2.75, 3.05) is 6.61 Å². The molecule has 12 heteroatoms. The fourth-order valence-electron chi connectivity index (χ4n) is 3.22. The Kier molecular flexibility index (Phi) is 8.74. The Bertz CT molecular complexity index is 915. The number of carbonyl (C=O) groups excluding carboxylic acids is 5. The first kappa shape index (κ1) is 25.6. The third-order valence-corrected chi connectivity index (χ3v) is 4.45. The summed E-state index contributed by atoms with van der Waals surface area (Å²) in [7, 11) is 0. The van der Waals surface area contributed by atoms with Gasteiger partial charge < -0.3 is 34.1 Å². The van der Waals surface area contributed by atoms with Gasteiger partial charge in [0.1, 0.15) is 30.3 Å². The van der Waals surface area contributed by atoms with E-state index in [9.17, 15) is 29.1 Å². The molecule has 1 amide bonds. The molecule has 33 heavy (non-hydrogen) atoms. The van der Waals surface area contributed by atoms with Gasteiger partial charge in [-0.1, -0.05) is 0 Å². The molecule has 1 fully saturated rings. The lowest BCUT2D eigenvalue weighted by Crippen LogP contribution is -2.67. The molecule has 0 saturated carbocycles. The molecule has 1 aliphatic heterocycles. The summed E-state index contributed by atoms with van der Waals surface area (Å²) in [5.74, 6) is -2.96. The van der Waals surface area contributed by atoms with Gasteiger partial charge in [0.25, 0.3) is 0 Å². The Balaban J connectivity index is 2.47. The highest BCUT2D eigenvalue weighted by atomic mass is 16.7. The average molecular weight is 467 g/mol. The minimum absolute atomic E-state index is 0.0192. The second-order valence-electron chi connectivity index (χ2n) is 7.18. The number of aldehydes is 1. The molecule has 1 aromatic carbocycles. The second-order valence-corrected chi connectivity index (χ2v) is 7.18. The van der Waals surface area contributed by atoms with E-state index in [0.29, 0.717) is 6.29 Å².